The van der Waals surface area contributed by atoms with Crippen molar-refractivity contribution in [2.24, 2.45) is 0 Å². The Morgan fingerprint density at radius 1 is 1.21 bits per heavy atom. The second-order valence-corrected chi connectivity index (χ2v) is 5.85. The van der Waals surface area contributed by atoms with Crippen LogP contribution in [0.1, 0.15) is 6.92 Å². The highest BCUT2D eigenvalue weighted by Crippen LogP contribution is 2.27. The summed E-state index contributed by atoms with van der Waals surface area (Å²) in [6.07, 6.45) is 4.36. The highest BCUT2D eigenvalue weighted by Gasteiger charge is 2.16. The maximum Gasteiger partial charge on any atom is 0.284 e. The summed E-state index contributed by atoms with van der Waals surface area (Å²) in [6, 6.07) is 6.54. The van der Waals surface area contributed by atoms with Crippen LogP contribution >= 0.6 is 11.6 Å². The first-order valence-corrected chi connectivity index (χ1v) is 7.78. The van der Waals surface area contributed by atoms with Crippen LogP contribution in [0.4, 0.5) is 4.39 Å². The zero-order valence-corrected chi connectivity index (χ0v) is 13.5. The van der Waals surface area contributed by atoms with E-state index in [1.807, 2.05) is 19.2 Å². The van der Waals surface area contributed by atoms with Gasteiger partial charge in [-0.05, 0) is 19.1 Å². The fraction of sp³-hybridized carbons (Fsp3) is 0.118. The molecule has 120 valence electrons. The lowest BCUT2D eigenvalue weighted by Crippen LogP contribution is -2.19. The molecule has 0 saturated heterocycles. The Kier molecular flexibility index (Phi) is 3.35. The summed E-state index contributed by atoms with van der Waals surface area (Å²) in [5, 5.41) is 6.40. The molecule has 7 heteroatoms. The van der Waals surface area contributed by atoms with Gasteiger partial charge in [-0.25, -0.2) is 4.39 Å². The van der Waals surface area contributed by atoms with Crippen molar-refractivity contribution in [3.8, 4) is 5.69 Å². The van der Waals surface area contributed by atoms with Gasteiger partial charge in [0.2, 0.25) is 0 Å². The molecule has 0 unspecified atom stereocenters. The Balaban J connectivity index is 2.23. The predicted octanol–water partition coefficient (Wildman–Crippen LogP) is 3.55. The zero-order chi connectivity index (χ0) is 16.8. The van der Waals surface area contributed by atoms with Crippen molar-refractivity contribution in [3.05, 3.63) is 64.0 Å². The van der Waals surface area contributed by atoms with Gasteiger partial charge in [0.05, 0.1) is 23.6 Å². The minimum absolute atomic E-state index is 0.330. The normalized spacial score (nSPS) is 11.5. The van der Waals surface area contributed by atoms with Crippen molar-refractivity contribution < 1.29 is 4.39 Å². The van der Waals surface area contributed by atoms with Gasteiger partial charge in [0.1, 0.15) is 5.82 Å². The van der Waals surface area contributed by atoms with Gasteiger partial charge in [-0.2, -0.15) is 5.10 Å². The van der Waals surface area contributed by atoms with Gasteiger partial charge < -0.3 is 0 Å². The summed E-state index contributed by atoms with van der Waals surface area (Å²) in [5.74, 6) is -0.520. The summed E-state index contributed by atoms with van der Waals surface area (Å²) in [6.45, 7) is 2.59. The van der Waals surface area contributed by atoms with Gasteiger partial charge in [-0.3, -0.25) is 19.0 Å². The predicted molar refractivity (Wildman–Crippen MR) is 91.3 cm³/mol. The van der Waals surface area contributed by atoms with E-state index in [0.717, 1.165) is 17.0 Å². The molecular weight excluding hydrogens is 331 g/mol. The molecule has 5 nitrogen and oxygen atoms in total. The third kappa shape index (κ3) is 2.18. The first kappa shape index (κ1) is 14.8. The number of aromatic nitrogens is 4. The third-order valence-corrected chi connectivity index (χ3v) is 4.17. The average molecular weight is 343 g/mol. The standard InChI is InChI=1S/C17H12ClFN4O/c1-2-22-9-14-13-4-3-10(18)5-15(13)23(17(24)16(14)21-22)12-6-11(19)7-20-8-12/h3-9H,2H2,1H3. The molecule has 3 heterocycles. The van der Waals surface area contributed by atoms with Gasteiger partial charge in [-0.15, -0.1) is 0 Å². The Bertz CT molecular complexity index is 1150. The molecule has 0 atom stereocenters. The lowest BCUT2D eigenvalue weighted by Gasteiger charge is -2.11. The number of halogens is 2. The van der Waals surface area contributed by atoms with Gasteiger partial charge >= 0.3 is 0 Å². The summed E-state index contributed by atoms with van der Waals surface area (Å²) in [5.41, 5.74) is 0.915. The van der Waals surface area contributed by atoms with Crippen LogP contribution in [0.15, 0.2) is 47.7 Å². The SMILES string of the molecule is CCn1cc2c(n1)c(=O)n(-c1cncc(F)c1)c1cc(Cl)ccc21. The fourth-order valence-corrected chi connectivity index (χ4v) is 3.02. The first-order chi connectivity index (χ1) is 11.6. The minimum atomic E-state index is -0.520. The van der Waals surface area contributed by atoms with E-state index < -0.39 is 5.82 Å². The van der Waals surface area contributed by atoms with Gasteiger partial charge in [0.25, 0.3) is 5.56 Å². The number of nitrogens with zero attached hydrogens (tertiary/aromatic N) is 4. The van der Waals surface area contributed by atoms with Crippen LogP contribution in [0, 0.1) is 5.82 Å². The van der Waals surface area contributed by atoms with Crippen molar-refractivity contribution in [1.29, 1.82) is 0 Å². The number of aryl methyl sites for hydroxylation is 1. The summed E-state index contributed by atoms with van der Waals surface area (Å²) < 4.78 is 16.7. The third-order valence-electron chi connectivity index (χ3n) is 3.93. The fourth-order valence-electron chi connectivity index (χ4n) is 2.85. The van der Waals surface area contributed by atoms with Crippen LogP contribution in [-0.4, -0.2) is 19.3 Å². The van der Waals surface area contributed by atoms with E-state index in [0.29, 0.717) is 28.3 Å². The molecule has 4 rings (SSSR count). The van der Waals surface area contributed by atoms with Crippen LogP contribution in [0.3, 0.4) is 0 Å². The summed E-state index contributed by atoms with van der Waals surface area (Å²) >= 11 is 6.12. The number of rotatable bonds is 2. The number of hydrogen-bond donors (Lipinski definition) is 0. The molecule has 0 aliphatic heterocycles. The molecule has 0 N–H and O–H groups in total. The van der Waals surface area contributed by atoms with Crippen LogP contribution in [0.25, 0.3) is 27.5 Å². The Hall–Kier alpha value is -2.73. The number of fused-ring (bicyclic) bond motifs is 3. The first-order valence-electron chi connectivity index (χ1n) is 7.41. The molecule has 0 spiro atoms. The lowest BCUT2D eigenvalue weighted by atomic mass is 10.1. The van der Waals surface area contributed by atoms with E-state index in [4.69, 9.17) is 11.6 Å². The lowest BCUT2D eigenvalue weighted by molar-refractivity contribution is 0.620. The molecule has 0 bridgehead atoms. The van der Waals surface area contributed by atoms with Crippen molar-refractivity contribution in [2.75, 3.05) is 0 Å². The van der Waals surface area contributed by atoms with Crippen molar-refractivity contribution in [1.82, 2.24) is 19.3 Å². The summed E-state index contributed by atoms with van der Waals surface area (Å²) in [4.78, 5) is 16.8. The van der Waals surface area contributed by atoms with Crippen LogP contribution in [0.5, 0.6) is 0 Å². The molecule has 0 aliphatic rings. The van der Waals surface area contributed by atoms with E-state index in [1.54, 1.807) is 16.8 Å². The maximum atomic E-state index is 13.6. The molecule has 0 fully saturated rings. The molecule has 0 saturated carbocycles. The van der Waals surface area contributed by atoms with Crippen molar-refractivity contribution >= 4 is 33.4 Å². The molecule has 0 radical (unpaired) electrons. The van der Waals surface area contributed by atoms with E-state index in [-0.39, 0.29) is 5.56 Å². The topological polar surface area (TPSA) is 52.7 Å². The van der Waals surface area contributed by atoms with Crippen molar-refractivity contribution in [3.63, 3.8) is 0 Å². The quantitative estimate of drug-likeness (QED) is 0.560. The second kappa shape index (κ2) is 5.42. The number of benzene rings is 1. The van der Waals surface area contributed by atoms with Crippen LogP contribution < -0.4 is 5.56 Å². The van der Waals surface area contributed by atoms with E-state index in [1.165, 1.54) is 16.8 Å². The molecule has 0 amide bonds. The van der Waals surface area contributed by atoms with Gasteiger partial charge in [-0.1, -0.05) is 17.7 Å². The monoisotopic (exact) mass is 342 g/mol. The molecular formula is C17H12ClFN4O. The zero-order valence-electron chi connectivity index (χ0n) is 12.7. The summed E-state index contributed by atoms with van der Waals surface area (Å²) in [7, 11) is 0. The van der Waals surface area contributed by atoms with E-state index in [2.05, 4.69) is 10.1 Å². The highest BCUT2D eigenvalue weighted by atomic mass is 35.5. The molecule has 0 aliphatic carbocycles. The van der Waals surface area contributed by atoms with Crippen LogP contribution in [0.2, 0.25) is 5.02 Å². The smallest absolute Gasteiger partial charge is 0.273 e. The van der Waals surface area contributed by atoms with Crippen LogP contribution in [-0.2, 0) is 6.54 Å². The van der Waals surface area contributed by atoms with E-state index in [9.17, 15) is 9.18 Å². The van der Waals surface area contributed by atoms with Gasteiger partial charge in [0, 0.05) is 34.6 Å². The molecule has 24 heavy (non-hydrogen) atoms. The van der Waals surface area contributed by atoms with E-state index >= 15 is 0 Å². The van der Waals surface area contributed by atoms with Gasteiger partial charge in [0.15, 0.2) is 5.52 Å². The molecule has 4 aromatic rings. The van der Waals surface area contributed by atoms with Crippen molar-refractivity contribution in [2.45, 2.75) is 13.5 Å². The average Bonchev–Trinajstić information content (AvgIpc) is 3.00. The Morgan fingerprint density at radius 3 is 2.79 bits per heavy atom. The number of hydrogen-bond acceptors (Lipinski definition) is 3. The second-order valence-electron chi connectivity index (χ2n) is 5.41. The number of pyridine rings is 2. The molecule has 3 aromatic heterocycles. The highest BCUT2D eigenvalue weighted by molar-refractivity contribution is 6.31. The Morgan fingerprint density at radius 2 is 2.04 bits per heavy atom. The minimum Gasteiger partial charge on any atom is -0.273 e. The maximum absolute atomic E-state index is 13.6. The largest absolute Gasteiger partial charge is 0.284 e. The molecule has 1 aromatic carbocycles. The Labute approximate surface area is 140 Å².